The Bertz CT molecular complexity index is 58.1. The predicted octanol–water partition coefficient (Wildman–Crippen LogP) is -1.51. The van der Waals surface area contributed by atoms with E-state index in [1.165, 1.54) is 0 Å². The van der Waals surface area contributed by atoms with E-state index in [1.807, 2.05) is 0 Å². The third-order valence-electron chi connectivity index (χ3n) is 0.471. The van der Waals surface area contributed by atoms with Crippen LogP contribution in [0, 0.1) is 0 Å². The molecule has 2 heteroatoms. The molecule has 0 heterocycles. The SMILES string of the molecule is C=CCOCC=C.[H-].[K+]. The van der Waals surface area contributed by atoms with E-state index in [0.29, 0.717) is 13.2 Å². The first-order valence-corrected chi connectivity index (χ1v) is 2.21. The Balaban J connectivity index is -0.000000180. The van der Waals surface area contributed by atoms with Crippen molar-refractivity contribution < 1.29 is 57.5 Å². The van der Waals surface area contributed by atoms with Crippen LogP contribution < -0.4 is 51.4 Å². The van der Waals surface area contributed by atoms with Crippen molar-refractivity contribution in [2.75, 3.05) is 13.2 Å². The molecule has 0 rings (SSSR count). The fourth-order valence-corrected chi connectivity index (χ4v) is 0.235. The minimum absolute atomic E-state index is 0. The molecular weight excluding hydrogens is 127 g/mol. The standard InChI is InChI=1S/C6H10O.K.H/c1-3-5-7-6-4-2;;/h3-4H,1-2,5-6H2;;/q;+1;-1. The smallest absolute Gasteiger partial charge is 1.00 e. The summed E-state index contributed by atoms with van der Waals surface area (Å²) in [7, 11) is 0. The zero-order valence-corrected chi connectivity index (χ0v) is 8.51. The summed E-state index contributed by atoms with van der Waals surface area (Å²) in [5.41, 5.74) is 0. The maximum atomic E-state index is 4.90. The van der Waals surface area contributed by atoms with Gasteiger partial charge in [0.05, 0.1) is 13.2 Å². The van der Waals surface area contributed by atoms with Crippen LogP contribution in [0.3, 0.4) is 0 Å². The maximum Gasteiger partial charge on any atom is 1.00 e. The third kappa shape index (κ3) is 10.1. The van der Waals surface area contributed by atoms with Gasteiger partial charge in [0.2, 0.25) is 0 Å². The van der Waals surface area contributed by atoms with Crippen molar-refractivity contribution >= 4 is 0 Å². The molecule has 0 bridgehead atoms. The van der Waals surface area contributed by atoms with Crippen LogP contribution in [0.5, 0.6) is 0 Å². The summed E-state index contributed by atoms with van der Waals surface area (Å²) in [4.78, 5) is 0. The van der Waals surface area contributed by atoms with Gasteiger partial charge in [-0.1, -0.05) is 12.2 Å². The van der Waals surface area contributed by atoms with E-state index < -0.39 is 0 Å². The summed E-state index contributed by atoms with van der Waals surface area (Å²) < 4.78 is 4.90. The van der Waals surface area contributed by atoms with Crippen molar-refractivity contribution in [2.45, 2.75) is 0 Å². The fraction of sp³-hybridized carbons (Fsp3) is 0.333. The summed E-state index contributed by atoms with van der Waals surface area (Å²) in [6.07, 6.45) is 3.42. The molecule has 0 fully saturated rings. The molecule has 1 nitrogen and oxygen atoms in total. The molecule has 0 aliphatic carbocycles. The van der Waals surface area contributed by atoms with Gasteiger partial charge in [0.15, 0.2) is 0 Å². The quantitative estimate of drug-likeness (QED) is 0.261. The molecule has 0 radical (unpaired) electrons. The van der Waals surface area contributed by atoms with Crippen molar-refractivity contribution in [1.29, 1.82) is 0 Å². The van der Waals surface area contributed by atoms with Gasteiger partial charge in [-0.05, 0) is 0 Å². The van der Waals surface area contributed by atoms with Crippen LogP contribution in [0.25, 0.3) is 0 Å². The molecule has 0 aliphatic rings. The maximum absolute atomic E-state index is 4.90. The van der Waals surface area contributed by atoms with Crippen LogP contribution in [0.2, 0.25) is 0 Å². The van der Waals surface area contributed by atoms with E-state index >= 15 is 0 Å². The number of rotatable bonds is 4. The molecule has 0 unspecified atom stereocenters. The van der Waals surface area contributed by atoms with E-state index in [4.69, 9.17) is 4.74 Å². The molecule has 0 N–H and O–H groups in total. The van der Waals surface area contributed by atoms with Crippen molar-refractivity contribution in [1.82, 2.24) is 0 Å². The van der Waals surface area contributed by atoms with Gasteiger partial charge in [0, 0.05) is 0 Å². The molecule has 8 heavy (non-hydrogen) atoms. The number of hydrogen-bond acceptors (Lipinski definition) is 1. The molecule has 42 valence electrons. The van der Waals surface area contributed by atoms with Crippen LogP contribution in [0.4, 0.5) is 0 Å². The predicted molar refractivity (Wildman–Crippen MR) is 32.3 cm³/mol. The molecule has 0 saturated carbocycles. The van der Waals surface area contributed by atoms with E-state index in [2.05, 4.69) is 13.2 Å². The average Bonchev–Trinajstić information content (AvgIpc) is 1.69. The van der Waals surface area contributed by atoms with Gasteiger partial charge in [0.25, 0.3) is 0 Å². The molecule has 0 saturated heterocycles. The van der Waals surface area contributed by atoms with Crippen LogP contribution in [0.15, 0.2) is 25.3 Å². The Hall–Kier alpha value is 1.08. The fourth-order valence-electron chi connectivity index (χ4n) is 0.235. The molecule has 0 aromatic carbocycles. The molecule has 0 spiro atoms. The van der Waals surface area contributed by atoms with Gasteiger partial charge in [-0.25, -0.2) is 0 Å². The summed E-state index contributed by atoms with van der Waals surface area (Å²) in [5.74, 6) is 0. The zero-order chi connectivity index (χ0) is 5.54. The van der Waals surface area contributed by atoms with Crippen molar-refractivity contribution in [3.8, 4) is 0 Å². The van der Waals surface area contributed by atoms with Gasteiger partial charge in [-0.3, -0.25) is 0 Å². The van der Waals surface area contributed by atoms with Crippen LogP contribution in [-0.2, 0) is 4.74 Å². The zero-order valence-electron chi connectivity index (χ0n) is 6.39. The average molecular weight is 138 g/mol. The monoisotopic (exact) mass is 138 g/mol. The normalized spacial score (nSPS) is 7.00. The Morgan fingerprint density at radius 1 is 1.25 bits per heavy atom. The third-order valence-corrected chi connectivity index (χ3v) is 0.471. The van der Waals surface area contributed by atoms with Gasteiger partial charge >= 0.3 is 51.4 Å². The first kappa shape index (κ1) is 11.8. The second-order valence-electron chi connectivity index (χ2n) is 1.11. The minimum atomic E-state index is 0. The van der Waals surface area contributed by atoms with Crippen molar-refractivity contribution in [3.63, 3.8) is 0 Å². The van der Waals surface area contributed by atoms with E-state index in [0.717, 1.165) is 0 Å². The Morgan fingerprint density at radius 2 is 1.62 bits per heavy atom. The molecule has 0 aromatic heterocycles. The van der Waals surface area contributed by atoms with Crippen molar-refractivity contribution in [3.05, 3.63) is 25.3 Å². The van der Waals surface area contributed by atoms with Crippen LogP contribution >= 0.6 is 0 Å². The summed E-state index contributed by atoms with van der Waals surface area (Å²) in [6, 6.07) is 0. The molecule has 0 aromatic rings. The van der Waals surface area contributed by atoms with Crippen LogP contribution in [0.1, 0.15) is 1.43 Å². The molecule has 0 aliphatic heterocycles. The van der Waals surface area contributed by atoms with Gasteiger partial charge < -0.3 is 6.16 Å². The summed E-state index contributed by atoms with van der Waals surface area (Å²) >= 11 is 0. The second-order valence-corrected chi connectivity index (χ2v) is 1.11. The minimum Gasteiger partial charge on any atom is -1.00 e. The summed E-state index contributed by atoms with van der Waals surface area (Å²) in [5, 5.41) is 0. The Labute approximate surface area is 94.7 Å². The largest absolute Gasteiger partial charge is 1.00 e. The van der Waals surface area contributed by atoms with E-state index in [-0.39, 0.29) is 52.8 Å². The first-order valence-electron chi connectivity index (χ1n) is 2.21. The first-order chi connectivity index (χ1) is 3.41. The van der Waals surface area contributed by atoms with Crippen LogP contribution in [-0.4, -0.2) is 13.2 Å². The van der Waals surface area contributed by atoms with Gasteiger partial charge in [0.1, 0.15) is 0 Å². The molecular formula is C6H11KO. The van der Waals surface area contributed by atoms with Crippen molar-refractivity contribution in [2.24, 2.45) is 0 Å². The molecule has 0 amide bonds. The number of ether oxygens (including phenoxy) is 1. The summed E-state index contributed by atoms with van der Waals surface area (Å²) in [6.45, 7) is 8.18. The molecule has 0 atom stereocenters. The second kappa shape index (κ2) is 11.0. The van der Waals surface area contributed by atoms with Gasteiger partial charge in [-0.15, -0.1) is 13.2 Å². The van der Waals surface area contributed by atoms with E-state index in [1.54, 1.807) is 12.2 Å². The topological polar surface area (TPSA) is 9.23 Å². The van der Waals surface area contributed by atoms with Gasteiger partial charge in [-0.2, -0.15) is 0 Å². The Kier molecular flexibility index (Phi) is 16.2. The Morgan fingerprint density at radius 3 is 1.88 bits per heavy atom. The van der Waals surface area contributed by atoms with E-state index in [9.17, 15) is 0 Å². The number of hydrogen-bond donors (Lipinski definition) is 0.